The van der Waals surface area contributed by atoms with E-state index in [1.807, 2.05) is 34.9 Å². The van der Waals surface area contributed by atoms with Crippen LogP contribution in [0.1, 0.15) is 24.7 Å². The van der Waals surface area contributed by atoms with Crippen LogP contribution in [0.15, 0.2) is 24.5 Å². The zero-order valence-electron chi connectivity index (χ0n) is 11.1. The summed E-state index contributed by atoms with van der Waals surface area (Å²) in [6.45, 7) is 4.96. The number of hydrogen-bond donors (Lipinski definition) is 1. The number of rotatable bonds is 7. The average Bonchev–Trinajstić information content (AvgIpc) is 2.96. The monoisotopic (exact) mass is 247 g/mol. The van der Waals surface area contributed by atoms with E-state index in [0.29, 0.717) is 0 Å². The predicted octanol–water partition coefficient (Wildman–Crippen LogP) is 1.36. The molecule has 2 aromatic heterocycles. The lowest BCUT2D eigenvalue weighted by atomic mass is 10.3. The Hall–Kier alpha value is -1.62. The second-order valence-corrected chi connectivity index (χ2v) is 4.44. The third kappa shape index (κ3) is 3.43. The number of nitrogens with one attached hydrogen (secondary N) is 1. The molecule has 5 heteroatoms. The van der Waals surface area contributed by atoms with Crippen molar-refractivity contribution in [3.8, 4) is 0 Å². The summed E-state index contributed by atoms with van der Waals surface area (Å²) >= 11 is 0. The Labute approximate surface area is 108 Å². The lowest BCUT2D eigenvalue weighted by Crippen LogP contribution is -2.14. The van der Waals surface area contributed by atoms with E-state index in [2.05, 4.69) is 28.5 Å². The molecule has 1 N–H and O–H groups in total. The molecular formula is C13H21N5. The molecule has 0 aliphatic carbocycles. The van der Waals surface area contributed by atoms with Gasteiger partial charge in [-0.05, 0) is 25.1 Å². The third-order valence-electron chi connectivity index (χ3n) is 2.95. The zero-order valence-corrected chi connectivity index (χ0v) is 11.1. The zero-order chi connectivity index (χ0) is 12.8. The number of aromatic nitrogens is 4. The second kappa shape index (κ2) is 6.35. The number of aryl methyl sites for hydroxylation is 3. The third-order valence-corrected chi connectivity index (χ3v) is 2.95. The summed E-state index contributed by atoms with van der Waals surface area (Å²) in [5.74, 6) is 0. The largest absolute Gasteiger partial charge is 0.311 e. The van der Waals surface area contributed by atoms with E-state index >= 15 is 0 Å². The molecule has 18 heavy (non-hydrogen) atoms. The maximum absolute atomic E-state index is 4.54. The molecule has 2 aromatic rings. The minimum absolute atomic E-state index is 0.854. The summed E-state index contributed by atoms with van der Waals surface area (Å²) in [7, 11) is 1.97. The van der Waals surface area contributed by atoms with E-state index in [4.69, 9.17) is 0 Å². The van der Waals surface area contributed by atoms with Gasteiger partial charge in [-0.3, -0.25) is 9.36 Å². The number of nitrogens with zero attached hydrogens (tertiary/aromatic N) is 4. The Balaban J connectivity index is 1.81. The second-order valence-electron chi connectivity index (χ2n) is 4.44. The van der Waals surface area contributed by atoms with Gasteiger partial charge >= 0.3 is 0 Å². The van der Waals surface area contributed by atoms with Crippen molar-refractivity contribution >= 4 is 0 Å². The van der Waals surface area contributed by atoms with Crippen LogP contribution in [0.2, 0.25) is 0 Å². The van der Waals surface area contributed by atoms with E-state index in [-0.39, 0.29) is 0 Å². The van der Waals surface area contributed by atoms with Gasteiger partial charge in [0.25, 0.3) is 0 Å². The van der Waals surface area contributed by atoms with Gasteiger partial charge in [0.2, 0.25) is 0 Å². The van der Waals surface area contributed by atoms with E-state index in [1.165, 1.54) is 5.69 Å². The van der Waals surface area contributed by atoms with Crippen LogP contribution in [0.25, 0.3) is 0 Å². The summed E-state index contributed by atoms with van der Waals surface area (Å²) in [5, 5.41) is 12.1. The normalized spacial score (nSPS) is 11.0. The highest BCUT2D eigenvalue weighted by Crippen LogP contribution is 2.01. The lowest BCUT2D eigenvalue weighted by molar-refractivity contribution is 0.571. The van der Waals surface area contributed by atoms with Crippen molar-refractivity contribution in [3.63, 3.8) is 0 Å². The first kappa shape index (κ1) is 12.8. The first-order valence-corrected chi connectivity index (χ1v) is 6.49. The lowest BCUT2D eigenvalue weighted by Gasteiger charge is -2.03. The van der Waals surface area contributed by atoms with Gasteiger partial charge in [0, 0.05) is 44.6 Å². The van der Waals surface area contributed by atoms with Gasteiger partial charge in [-0.15, -0.1) is 0 Å². The van der Waals surface area contributed by atoms with Crippen LogP contribution in [0.5, 0.6) is 0 Å². The predicted molar refractivity (Wildman–Crippen MR) is 71.1 cm³/mol. The molecule has 0 radical (unpaired) electrons. The average molecular weight is 247 g/mol. The van der Waals surface area contributed by atoms with Crippen LogP contribution >= 0.6 is 0 Å². The van der Waals surface area contributed by atoms with Gasteiger partial charge in [-0.2, -0.15) is 10.2 Å². The molecule has 0 fully saturated rings. The quantitative estimate of drug-likeness (QED) is 0.752. The smallest absolute Gasteiger partial charge is 0.0762 e. The van der Waals surface area contributed by atoms with E-state index in [9.17, 15) is 0 Å². The molecule has 0 aromatic carbocycles. The molecule has 5 nitrogen and oxygen atoms in total. The van der Waals surface area contributed by atoms with E-state index < -0.39 is 0 Å². The Bertz CT molecular complexity index is 471. The fourth-order valence-electron chi connectivity index (χ4n) is 1.89. The summed E-state index contributed by atoms with van der Waals surface area (Å²) in [6, 6.07) is 4.12. The van der Waals surface area contributed by atoms with Crippen molar-refractivity contribution in [2.45, 2.75) is 32.9 Å². The van der Waals surface area contributed by atoms with Crippen molar-refractivity contribution in [3.05, 3.63) is 35.9 Å². The van der Waals surface area contributed by atoms with Crippen molar-refractivity contribution in [1.29, 1.82) is 0 Å². The van der Waals surface area contributed by atoms with Crippen molar-refractivity contribution in [1.82, 2.24) is 24.9 Å². The first-order chi connectivity index (χ1) is 8.79. The van der Waals surface area contributed by atoms with Gasteiger partial charge in [0.05, 0.1) is 5.69 Å². The van der Waals surface area contributed by atoms with Crippen LogP contribution in [0, 0.1) is 0 Å². The van der Waals surface area contributed by atoms with Crippen molar-refractivity contribution in [2.75, 3.05) is 6.54 Å². The standard InChI is InChI=1S/C13H21N5/c1-3-7-14-11-12-5-9-18(16-12)10-6-13-4-8-15-17(13)2/h4-5,8-9,14H,3,6-7,10-11H2,1-2H3. The van der Waals surface area contributed by atoms with Crippen LogP contribution in [0.3, 0.4) is 0 Å². The maximum atomic E-state index is 4.54. The Morgan fingerprint density at radius 2 is 2.22 bits per heavy atom. The Morgan fingerprint density at radius 1 is 1.33 bits per heavy atom. The van der Waals surface area contributed by atoms with Gasteiger partial charge < -0.3 is 5.32 Å². The molecule has 0 bridgehead atoms. The van der Waals surface area contributed by atoms with Crippen LogP contribution < -0.4 is 5.32 Å². The fraction of sp³-hybridized carbons (Fsp3) is 0.538. The van der Waals surface area contributed by atoms with Crippen molar-refractivity contribution < 1.29 is 0 Å². The summed E-state index contributed by atoms with van der Waals surface area (Å²) in [5.41, 5.74) is 2.34. The van der Waals surface area contributed by atoms with Crippen LogP contribution in [-0.4, -0.2) is 26.1 Å². The SMILES string of the molecule is CCCNCc1ccn(CCc2ccnn2C)n1. The first-order valence-electron chi connectivity index (χ1n) is 6.49. The van der Waals surface area contributed by atoms with Gasteiger partial charge in [-0.1, -0.05) is 6.92 Å². The molecule has 0 aliphatic heterocycles. The topological polar surface area (TPSA) is 47.7 Å². The molecule has 0 amide bonds. The molecule has 0 spiro atoms. The molecule has 0 atom stereocenters. The summed E-state index contributed by atoms with van der Waals surface area (Å²) in [4.78, 5) is 0. The highest BCUT2D eigenvalue weighted by molar-refractivity contribution is 5.01. The van der Waals surface area contributed by atoms with Gasteiger partial charge in [0.1, 0.15) is 0 Å². The summed E-state index contributed by atoms with van der Waals surface area (Å²) < 4.78 is 3.91. The molecule has 2 rings (SSSR count). The minimum Gasteiger partial charge on any atom is -0.311 e. The Kier molecular flexibility index (Phi) is 4.52. The minimum atomic E-state index is 0.854. The van der Waals surface area contributed by atoms with Gasteiger partial charge in [0.15, 0.2) is 0 Å². The van der Waals surface area contributed by atoms with E-state index in [1.54, 1.807) is 0 Å². The molecule has 0 saturated heterocycles. The highest BCUT2D eigenvalue weighted by Gasteiger charge is 2.01. The maximum Gasteiger partial charge on any atom is 0.0762 e. The van der Waals surface area contributed by atoms with Crippen LogP contribution in [-0.2, 0) is 26.6 Å². The fourth-order valence-corrected chi connectivity index (χ4v) is 1.89. The molecule has 0 unspecified atom stereocenters. The molecule has 98 valence electrons. The molecule has 0 saturated carbocycles. The van der Waals surface area contributed by atoms with E-state index in [0.717, 1.165) is 38.2 Å². The van der Waals surface area contributed by atoms with Gasteiger partial charge in [-0.25, -0.2) is 0 Å². The highest BCUT2D eigenvalue weighted by atomic mass is 15.3. The Morgan fingerprint density at radius 3 is 2.94 bits per heavy atom. The molecular weight excluding hydrogens is 226 g/mol. The van der Waals surface area contributed by atoms with Crippen molar-refractivity contribution in [2.24, 2.45) is 7.05 Å². The van der Waals surface area contributed by atoms with Crippen LogP contribution in [0.4, 0.5) is 0 Å². The number of hydrogen-bond acceptors (Lipinski definition) is 3. The summed E-state index contributed by atoms with van der Waals surface area (Å²) in [6.07, 6.45) is 5.99. The molecule has 2 heterocycles. The molecule has 0 aliphatic rings.